The van der Waals surface area contributed by atoms with Gasteiger partial charge < -0.3 is 21.5 Å². The molecule has 0 radical (unpaired) electrons. The van der Waals surface area contributed by atoms with E-state index in [4.69, 9.17) is 16.2 Å². The summed E-state index contributed by atoms with van der Waals surface area (Å²) in [6, 6.07) is 9.15. The van der Waals surface area contributed by atoms with Crippen molar-refractivity contribution >= 4 is 29.0 Å². The number of anilines is 1. The van der Waals surface area contributed by atoms with Crippen LogP contribution in [0.3, 0.4) is 0 Å². The van der Waals surface area contributed by atoms with Crippen LogP contribution >= 0.6 is 11.3 Å². The lowest BCUT2D eigenvalue weighted by Crippen LogP contribution is -2.44. The van der Waals surface area contributed by atoms with Gasteiger partial charge in [-0.1, -0.05) is 24.3 Å². The van der Waals surface area contributed by atoms with E-state index in [2.05, 4.69) is 36.2 Å². The van der Waals surface area contributed by atoms with Gasteiger partial charge in [-0.15, -0.1) is 11.3 Å². The van der Waals surface area contributed by atoms with Crippen molar-refractivity contribution in [1.82, 2.24) is 4.90 Å². The van der Waals surface area contributed by atoms with Crippen LogP contribution in [0.2, 0.25) is 0 Å². The number of benzene rings is 1. The Morgan fingerprint density at radius 1 is 1.19 bits per heavy atom. The first-order chi connectivity index (χ1) is 12.8. The molecule has 8 heteroatoms. The van der Waals surface area contributed by atoms with Crippen LogP contribution in [-0.2, 0) is 11.3 Å². The molecule has 2 aromatic rings. The Morgan fingerprint density at radius 2 is 1.81 bits per heavy atom. The maximum atomic E-state index is 11.6. The van der Waals surface area contributed by atoms with Gasteiger partial charge in [0, 0.05) is 24.5 Å². The minimum absolute atomic E-state index is 0.238. The molecule has 0 saturated carbocycles. The Kier molecular flexibility index (Phi) is 5.79. The molecule has 7 nitrogen and oxygen atoms in total. The molecule has 0 aliphatic carbocycles. The van der Waals surface area contributed by atoms with Crippen molar-refractivity contribution in [2.75, 3.05) is 18.4 Å². The second-order valence-corrected chi connectivity index (χ2v) is 7.91. The largest absolute Gasteiger partial charge is 0.373 e. The molecule has 3 amide bonds. The van der Waals surface area contributed by atoms with E-state index < -0.39 is 11.9 Å². The Labute approximate surface area is 162 Å². The first-order valence-corrected chi connectivity index (χ1v) is 9.60. The molecule has 1 aliphatic heterocycles. The molecular formula is C19H24N4O3S. The molecule has 1 saturated heterocycles. The molecule has 144 valence electrons. The number of nitrogens with zero attached hydrogens (tertiary/aromatic N) is 1. The van der Waals surface area contributed by atoms with Crippen LogP contribution in [0.25, 0.3) is 10.4 Å². The van der Waals surface area contributed by atoms with E-state index in [0.717, 1.165) is 30.1 Å². The van der Waals surface area contributed by atoms with E-state index in [0.29, 0.717) is 5.69 Å². The van der Waals surface area contributed by atoms with Gasteiger partial charge in [0.2, 0.25) is 0 Å². The molecule has 0 spiro atoms. The van der Waals surface area contributed by atoms with E-state index in [1.807, 2.05) is 12.1 Å². The van der Waals surface area contributed by atoms with E-state index >= 15 is 0 Å². The molecule has 1 aliphatic rings. The quantitative estimate of drug-likeness (QED) is 0.731. The summed E-state index contributed by atoms with van der Waals surface area (Å²) >= 11 is 1.23. The van der Waals surface area contributed by atoms with Crippen LogP contribution in [0.5, 0.6) is 0 Å². The number of urea groups is 1. The lowest BCUT2D eigenvalue weighted by atomic mass is 10.1. The number of hydrogen-bond acceptors (Lipinski definition) is 5. The smallest absolute Gasteiger partial charge is 0.316 e. The second-order valence-electron chi connectivity index (χ2n) is 6.86. The van der Waals surface area contributed by atoms with Crippen molar-refractivity contribution in [1.29, 1.82) is 0 Å². The lowest BCUT2D eigenvalue weighted by Gasteiger charge is -2.35. The summed E-state index contributed by atoms with van der Waals surface area (Å²) < 4.78 is 5.77. The lowest BCUT2D eigenvalue weighted by molar-refractivity contribution is -0.0704. The number of hydrogen-bond donors (Lipinski definition) is 3. The van der Waals surface area contributed by atoms with Gasteiger partial charge in [0.15, 0.2) is 0 Å². The molecule has 2 heterocycles. The van der Waals surface area contributed by atoms with Crippen molar-refractivity contribution in [2.45, 2.75) is 32.6 Å². The zero-order valence-corrected chi connectivity index (χ0v) is 16.2. The average Bonchev–Trinajstić information content (AvgIpc) is 2.98. The summed E-state index contributed by atoms with van der Waals surface area (Å²) in [6.45, 7) is 6.89. The van der Waals surface area contributed by atoms with Gasteiger partial charge in [0.25, 0.3) is 5.91 Å². The molecule has 1 fully saturated rings. The van der Waals surface area contributed by atoms with Crippen molar-refractivity contribution in [3.05, 3.63) is 40.8 Å². The molecule has 2 unspecified atom stereocenters. The number of ether oxygens (including phenoxy) is 1. The maximum absolute atomic E-state index is 11.6. The summed E-state index contributed by atoms with van der Waals surface area (Å²) in [5.41, 5.74) is 13.1. The third-order valence-corrected chi connectivity index (χ3v) is 5.55. The highest BCUT2D eigenvalue weighted by Gasteiger charge is 2.22. The summed E-state index contributed by atoms with van der Waals surface area (Å²) in [7, 11) is 0. The van der Waals surface area contributed by atoms with Crippen molar-refractivity contribution in [3.63, 3.8) is 0 Å². The van der Waals surface area contributed by atoms with Gasteiger partial charge >= 0.3 is 6.03 Å². The highest BCUT2D eigenvalue weighted by Crippen LogP contribution is 2.34. The van der Waals surface area contributed by atoms with Gasteiger partial charge in [-0.05, 0) is 31.0 Å². The minimum atomic E-state index is -0.730. The van der Waals surface area contributed by atoms with Crippen LogP contribution in [0.1, 0.15) is 29.1 Å². The Hall–Kier alpha value is -2.42. The zero-order valence-electron chi connectivity index (χ0n) is 15.4. The topological polar surface area (TPSA) is 111 Å². The molecule has 27 heavy (non-hydrogen) atoms. The number of nitrogens with one attached hydrogen (secondary N) is 1. The minimum Gasteiger partial charge on any atom is -0.373 e. The van der Waals surface area contributed by atoms with Gasteiger partial charge in [-0.3, -0.25) is 9.69 Å². The van der Waals surface area contributed by atoms with Gasteiger partial charge in [0.1, 0.15) is 4.88 Å². The van der Waals surface area contributed by atoms with Crippen molar-refractivity contribution < 1.29 is 14.3 Å². The predicted molar refractivity (Wildman–Crippen MR) is 107 cm³/mol. The van der Waals surface area contributed by atoms with Crippen molar-refractivity contribution in [3.8, 4) is 10.4 Å². The second kappa shape index (κ2) is 8.08. The SMILES string of the molecule is CC1CN(Cc2ccc(-c3cc(NC(N)=O)c(C(N)=O)s3)cc2)CC(C)O1. The fourth-order valence-corrected chi connectivity index (χ4v) is 4.36. The van der Waals surface area contributed by atoms with Gasteiger partial charge in [-0.2, -0.15) is 0 Å². The first-order valence-electron chi connectivity index (χ1n) is 8.79. The van der Waals surface area contributed by atoms with Gasteiger partial charge in [0.05, 0.1) is 17.9 Å². The van der Waals surface area contributed by atoms with Crippen LogP contribution in [0.4, 0.5) is 10.5 Å². The standard InChI is InChI=1S/C19H24N4O3S/c1-11-8-23(9-12(2)26-11)10-13-3-5-14(6-4-13)16-7-15(22-19(21)25)17(27-16)18(20)24/h3-7,11-12H,8-10H2,1-2H3,(H2,20,24)(H3,21,22,25). The molecular weight excluding hydrogens is 364 g/mol. The fraction of sp³-hybridized carbons (Fsp3) is 0.368. The number of carbonyl (C=O) groups is 2. The predicted octanol–water partition coefficient (Wildman–Crippen LogP) is 2.61. The number of nitrogens with two attached hydrogens (primary N) is 2. The number of rotatable bonds is 5. The normalized spacial score (nSPS) is 20.4. The summed E-state index contributed by atoms with van der Waals surface area (Å²) in [6.07, 6.45) is 0.477. The molecule has 2 atom stereocenters. The molecule has 1 aromatic heterocycles. The number of carbonyl (C=O) groups excluding carboxylic acids is 2. The van der Waals surface area contributed by atoms with Crippen LogP contribution < -0.4 is 16.8 Å². The maximum Gasteiger partial charge on any atom is 0.316 e. The van der Waals surface area contributed by atoms with Crippen LogP contribution in [0, 0.1) is 0 Å². The Balaban J connectivity index is 1.75. The highest BCUT2D eigenvalue weighted by atomic mass is 32.1. The number of morpholine rings is 1. The van der Waals surface area contributed by atoms with E-state index in [1.165, 1.54) is 16.9 Å². The molecule has 0 bridgehead atoms. The van der Waals surface area contributed by atoms with E-state index in [9.17, 15) is 9.59 Å². The third kappa shape index (κ3) is 4.85. The van der Waals surface area contributed by atoms with E-state index in [1.54, 1.807) is 6.07 Å². The van der Waals surface area contributed by atoms with Gasteiger partial charge in [-0.25, -0.2) is 4.79 Å². The third-order valence-electron chi connectivity index (χ3n) is 4.35. The number of primary amides is 2. The van der Waals surface area contributed by atoms with Crippen LogP contribution in [0.15, 0.2) is 30.3 Å². The Bertz CT molecular complexity index is 824. The molecule has 3 rings (SSSR count). The highest BCUT2D eigenvalue weighted by molar-refractivity contribution is 7.18. The monoisotopic (exact) mass is 388 g/mol. The summed E-state index contributed by atoms with van der Waals surface area (Å²) in [4.78, 5) is 26.2. The fourth-order valence-electron chi connectivity index (χ4n) is 3.39. The summed E-state index contributed by atoms with van der Waals surface area (Å²) in [5, 5.41) is 2.45. The number of amides is 3. The zero-order chi connectivity index (χ0) is 19.6. The average molecular weight is 388 g/mol. The number of thiophene rings is 1. The van der Waals surface area contributed by atoms with Crippen LogP contribution in [-0.4, -0.2) is 42.1 Å². The van der Waals surface area contributed by atoms with Crippen molar-refractivity contribution in [2.24, 2.45) is 11.5 Å². The molecule has 5 N–H and O–H groups in total. The first kappa shape index (κ1) is 19.3. The molecule has 1 aromatic carbocycles. The van der Waals surface area contributed by atoms with E-state index in [-0.39, 0.29) is 17.1 Å². The summed E-state index contributed by atoms with van der Waals surface area (Å²) in [5.74, 6) is -0.595. The Morgan fingerprint density at radius 3 is 2.37 bits per heavy atom.